The molecule has 0 fully saturated rings. The molecule has 0 amide bonds. The summed E-state index contributed by atoms with van der Waals surface area (Å²) >= 11 is 0. The van der Waals surface area contributed by atoms with Gasteiger partial charge in [0.25, 0.3) is 0 Å². The Morgan fingerprint density at radius 2 is 2.00 bits per heavy atom. The van der Waals surface area contributed by atoms with E-state index >= 15 is 0 Å². The van der Waals surface area contributed by atoms with E-state index in [9.17, 15) is 0 Å². The maximum atomic E-state index is 5.51. The molecule has 1 heterocycles. The van der Waals surface area contributed by atoms with E-state index in [0.717, 1.165) is 31.2 Å². The van der Waals surface area contributed by atoms with Gasteiger partial charge in [-0.3, -0.25) is 0 Å². The van der Waals surface area contributed by atoms with Crippen molar-refractivity contribution < 1.29 is 4.42 Å². The number of hydrogen-bond acceptors (Lipinski definition) is 3. The van der Waals surface area contributed by atoms with E-state index in [4.69, 9.17) is 4.42 Å². The summed E-state index contributed by atoms with van der Waals surface area (Å²) in [6, 6.07) is 4.04. The first-order chi connectivity index (χ1) is 7.63. The van der Waals surface area contributed by atoms with E-state index in [2.05, 4.69) is 24.5 Å². The Morgan fingerprint density at radius 3 is 2.50 bits per heavy atom. The Morgan fingerprint density at radius 1 is 1.25 bits per heavy atom. The summed E-state index contributed by atoms with van der Waals surface area (Å²) in [5.41, 5.74) is 0. The van der Waals surface area contributed by atoms with E-state index in [-0.39, 0.29) is 0 Å². The summed E-state index contributed by atoms with van der Waals surface area (Å²) in [5, 5.41) is 6.69. The smallest absolute Gasteiger partial charge is 0.117 e. The van der Waals surface area contributed by atoms with E-state index < -0.39 is 0 Å². The van der Waals surface area contributed by atoms with Crippen molar-refractivity contribution in [2.75, 3.05) is 20.1 Å². The monoisotopic (exact) mass is 224 g/mol. The molecule has 1 aromatic heterocycles. The summed E-state index contributed by atoms with van der Waals surface area (Å²) < 4.78 is 5.51. The Hall–Kier alpha value is -0.800. The highest BCUT2D eigenvalue weighted by Crippen LogP contribution is 2.09. The Balaban J connectivity index is 2.27. The zero-order chi connectivity index (χ0) is 12.0. The first-order valence-electron chi connectivity index (χ1n) is 6.04. The van der Waals surface area contributed by atoms with Gasteiger partial charge in [0.05, 0.1) is 6.54 Å². The fourth-order valence-electron chi connectivity index (χ4n) is 1.77. The Bertz CT molecular complexity index is 294. The van der Waals surface area contributed by atoms with Crippen molar-refractivity contribution in [2.45, 2.75) is 27.3 Å². The number of hydrogen-bond donors (Lipinski definition) is 2. The highest BCUT2D eigenvalue weighted by atomic mass is 16.3. The summed E-state index contributed by atoms with van der Waals surface area (Å²) in [7, 11) is 2.01. The van der Waals surface area contributed by atoms with E-state index in [1.165, 1.54) is 0 Å². The van der Waals surface area contributed by atoms with Crippen LogP contribution in [0.15, 0.2) is 16.5 Å². The molecule has 1 aromatic rings. The molecule has 0 aliphatic carbocycles. The van der Waals surface area contributed by atoms with E-state index in [1.807, 2.05) is 26.1 Å². The third-order valence-electron chi connectivity index (χ3n) is 2.91. The third-order valence-corrected chi connectivity index (χ3v) is 2.91. The van der Waals surface area contributed by atoms with Gasteiger partial charge in [-0.1, -0.05) is 13.8 Å². The number of rotatable bonds is 7. The van der Waals surface area contributed by atoms with Crippen molar-refractivity contribution in [1.82, 2.24) is 10.6 Å². The average molecular weight is 224 g/mol. The molecule has 0 saturated carbocycles. The molecule has 16 heavy (non-hydrogen) atoms. The van der Waals surface area contributed by atoms with Crippen molar-refractivity contribution in [2.24, 2.45) is 11.8 Å². The lowest BCUT2D eigenvalue weighted by molar-refractivity contribution is 0.344. The number of furan rings is 1. The second-order valence-electron chi connectivity index (χ2n) is 4.71. The van der Waals surface area contributed by atoms with Gasteiger partial charge in [-0.05, 0) is 51.0 Å². The van der Waals surface area contributed by atoms with Crippen molar-refractivity contribution in [3.05, 3.63) is 23.7 Å². The van der Waals surface area contributed by atoms with Crippen molar-refractivity contribution in [3.63, 3.8) is 0 Å². The number of aryl methyl sites for hydroxylation is 1. The van der Waals surface area contributed by atoms with Gasteiger partial charge in [0.2, 0.25) is 0 Å². The lowest BCUT2D eigenvalue weighted by Gasteiger charge is -2.20. The minimum Gasteiger partial charge on any atom is -0.465 e. The summed E-state index contributed by atoms with van der Waals surface area (Å²) in [6.07, 6.45) is 0. The molecule has 0 aliphatic heterocycles. The van der Waals surface area contributed by atoms with Gasteiger partial charge in [-0.15, -0.1) is 0 Å². The average Bonchev–Trinajstić information content (AvgIpc) is 2.63. The molecule has 2 N–H and O–H groups in total. The maximum Gasteiger partial charge on any atom is 0.117 e. The quantitative estimate of drug-likeness (QED) is 0.745. The Labute approximate surface area is 98.6 Å². The Kier molecular flexibility index (Phi) is 5.56. The first kappa shape index (κ1) is 13.3. The largest absolute Gasteiger partial charge is 0.465 e. The van der Waals surface area contributed by atoms with Gasteiger partial charge in [0, 0.05) is 0 Å². The second-order valence-corrected chi connectivity index (χ2v) is 4.71. The molecule has 1 unspecified atom stereocenters. The van der Waals surface area contributed by atoms with Crippen LogP contribution in [0.5, 0.6) is 0 Å². The number of nitrogens with one attached hydrogen (secondary N) is 2. The molecular weight excluding hydrogens is 200 g/mol. The molecule has 3 heteroatoms. The molecule has 3 nitrogen and oxygen atoms in total. The van der Waals surface area contributed by atoms with Crippen LogP contribution in [-0.2, 0) is 6.54 Å². The topological polar surface area (TPSA) is 37.2 Å². The lowest BCUT2D eigenvalue weighted by atomic mass is 9.96. The fourth-order valence-corrected chi connectivity index (χ4v) is 1.77. The van der Waals surface area contributed by atoms with Crippen LogP contribution in [0.4, 0.5) is 0 Å². The maximum absolute atomic E-state index is 5.51. The van der Waals surface area contributed by atoms with Crippen LogP contribution in [0, 0.1) is 18.8 Å². The van der Waals surface area contributed by atoms with Crippen molar-refractivity contribution >= 4 is 0 Å². The molecule has 0 radical (unpaired) electrons. The molecule has 1 atom stereocenters. The summed E-state index contributed by atoms with van der Waals surface area (Å²) in [5.74, 6) is 3.36. The van der Waals surface area contributed by atoms with Crippen LogP contribution in [0.3, 0.4) is 0 Å². The van der Waals surface area contributed by atoms with Crippen LogP contribution in [-0.4, -0.2) is 20.1 Å². The molecule has 0 bridgehead atoms. The van der Waals surface area contributed by atoms with Gasteiger partial charge >= 0.3 is 0 Å². The summed E-state index contributed by atoms with van der Waals surface area (Å²) in [6.45, 7) is 9.41. The SMILES string of the molecule is CNCC(CNCc1ccc(C)o1)C(C)C. The van der Waals surface area contributed by atoms with Gasteiger partial charge in [-0.25, -0.2) is 0 Å². The van der Waals surface area contributed by atoms with E-state index in [0.29, 0.717) is 11.8 Å². The van der Waals surface area contributed by atoms with Crippen LogP contribution in [0.1, 0.15) is 25.4 Å². The molecule has 1 rings (SSSR count). The predicted molar refractivity (Wildman–Crippen MR) is 67.4 cm³/mol. The minimum absolute atomic E-state index is 0.668. The van der Waals surface area contributed by atoms with Crippen molar-refractivity contribution in [1.29, 1.82) is 0 Å². The van der Waals surface area contributed by atoms with Gasteiger partial charge < -0.3 is 15.1 Å². The van der Waals surface area contributed by atoms with Gasteiger partial charge in [-0.2, -0.15) is 0 Å². The predicted octanol–water partition coefficient (Wildman–Crippen LogP) is 2.17. The highest BCUT2D eigenvalue weighted by molar-refractivity contribution is 5.05. The van der Waals surface area contributed by atoms with Crippen LogP contribution in [0.25, 0.3) is 0 Å². The van der Waals surface area contributed by atoms with Crippen LogP contribution >= 0.6 is 0 Å². The normalized spacial score (nSPS) is 13.3. The molecule has 0 aromatic carbocycles. The second kappa shape index (κ2) is 6.71. The molecule has 92 valence electrons. The molecule has 0 spiro atoms. The van der Waals surface area contributed by atoms with Crippen LogP contribution < -0.4 is 10.6 Å². The van der Waals surface area contributed by atoms with Crippen LogP contribution in [0.2, 0.25) is 0 Å². The molecule has 0 saturated heterocycles. The van der Waals surface area contributed by atoms with Crippen molar-refractivity contribution in [3.8, 4) is 0 Å². The zero-order valence-corrected chi connectivity index (χ0v) is 10.8. The molecular formula is C13H24N2O. The minimum atomic E-state index is 0.668. The fraction of sp³-hybridized carbons (Fsp3) is 0.692. The first-order valence-corrected chi connectivity index (χ1v) is 6.04. The molecule has 0 aliphatic rings. The van der Waals surface area contributed by atoms with Gasteiger partial charge in [0.1, 0.15) is 11.5 Å². The highest BCUT2D eigenvalue weighted by Gasteiger charge is 2.11. The third kappa shape index (κ3) is 4.37. The standard InChI is InChI=1S/C13H24N2O/c1-10(2)12(7-14-4)8-15-9-13-6-5-11(3)16-13/h5-6,10,12,14-15H,7-9H2,1-4H3. The lowest BCUT2D eigenvalue weighted by Crippen LogP contribution is -2.32. The van der Waals surface area contributed by atoms with Gasteiger partial charge in [0.15, 0.2) is 0 Å². The van der Waals surface area contributed by atoms with E-state index in [1.54, 1.807) is 0 Å². The summed E-state index contributed by atoms with van der Waals surface area (Å²) in [4.78, 5) is 0. The zero-order valence-electron chi connectivity index (χ0n) is 10.8.